The van der Waals surface area contributed by atoms with Crippen molar-refractivity contribution in [2.75, 3.05) is 0 Å². The third-order valence-corrected chi connectivity index (χ3v) is 4.81. The SMILES string of the molecule is CC(C)(C)c1cc([N+](=O)[O-])cc(Oc2ccc3cc(Br)ccc3c2)c1C(=O)O. The summed E-state index contributed by atoms with van der Waals surface area (Å²) >= 11 is 3.42. The molecule has 0 unspecified atom stereocenters. The molecule has 0 bridgehead atoms. The molecule has 0 fully saturated rings. The largest absolute Gasteiger partial charge is 0.478 e. The van der Waals surface area contributed by atoms with E-state index in [2.05, 4.69) is 15.9 Å². The van der Waals surface area contributed by atoms with Crippen molar-refractivity contribution in [3.63, 3.8) is 0 Å². The monoisotopic (exact) mass is 443 g/mol. The van der Waals surface area contributed by atoms with E-state index in [4.69, 9.17) is 4.74 Å². The van der Waals surface area contributed by atoms with Crippen molar-refractivity contribution >= 4 is 38.4 Å². The molecule has 6 nitrogen and oxygen atoms in total. The number of rotatable bonds is 4. The minimum absolute atomic E-state index is 0.0527. The van der Waals surface area contributed by atoms with Crippen LogP contribution in [0.1, 0.15) is 36.7 Å². The topological polar surface area (TPSA) is 89.7 Å². The summed E-state index contributed by atoms with van der Waals surface area (Å²) in [4.78, 5) is 22.8. The first-order valence-electron chi connectivity index (χ1n) is 8.49. The number of benzene rings is 3. The number of carboxylic acid groups (broad SMARTS) is 1. The van der Waals surface area contributed by atoms with Crippen LogP contribution in [0.3, 0.4) is 0 Å². The number of halogens is 1. The van der Waals surface area contributed by atoms with Crippen molar-refractivity contribution in [2.45, 2.75) is 26.2 Å². The molecular weight excluding hydrogens is 426 g/mol. The number of nitro groups is 1. The van der Waals surface area contributed by atoms with Gasteiger partial charge >= 0.3 is 5.97 Å². The van der Waals surface area contributed by atoms with Gasteiger partial charge in [-0.05, 0) is 46.0 Å². The van der Waals surface area contributed by atoms with Crippen molar-refractivity contribution in [1.82, 2.24) is 0 Å². The van der Waals surface area contributed by atoms with Crippen LogP contribution in [-0.4, -0.2) is 16.0 Å². The quantitative estimate of drug-likeness (QED) is 0.377. The van der Waals surface area contributed by atoms with Gasteiger partial charge in [-0.15, -0.1) is 0 Å². The number of non-ortho nitro benzene ring substituents is 1. The van der Waals surface area contributed by atoms with Crippen molar-refractivity contribution in [3.8, 4) is 11.5 Å². The zero-order valence-electron chi connectivity index (χ0n) is 15.5. The van der Waals surface area contributed by atoms with E-state index in [1.165, 1.54) is 6.07 Å². The zero-order chi connectivity index (χ0) is 20.6. The molecule has 0 saturated heterocycles. The van der Waals surface area contributed by atoms with Gasteiger partial charge in [0.25, 0.3) is 5.69 Å². The molecule has 3 rings (SSSR count). The second kappa shape index (κ2) is 7.24. The molecule has 0 spiro atoms. The molecule has 1 N–H and O–H groups in total. The number of ether oxygens (including phenoxy) is 1. The fourth-order valence-corrected chi connectivity index (χ4v) is 3.36. The van der Waals surface area contributed by atoms with Gasteiger partial charge in [0.05, 0.1) is 11.0 Å². The molecule has 0 saturated carbocycles. The van der Waals surface area contributed by atoms with Crippen LogP contribution in [0.25, 0.3) is 10.8 Å². The van der Waals surface area contributed by atoms with E-state index in [0.717, 1.165) is 21.3 Å². The standard InChI is InChI=1S/C21H18BrNO5/c1-21(2,3)17-10-15(23(26)27)11-18(19(17)20(24)25)28-16-7-5-12-8-14(22)6-4-13(12)9-16/h4-11H,1-3H3,(H,24,25). The normalized spacial score (nSPS) is 11.4. The first kappa shape index (κ1) is 19.8. The van der Waals surface area contributed by atoms with Gasteiger partial charge < -0.3 is 9.84 Å². The van der Waals surface area contributed by atoms with Gasteiger partial charge in [-0.25, -0.2) is 4.79 Å². The van der Waals surface area contributed by atoms with E-state index in [1.54, 1.807) is 32.9 Å². The molecule has 7 heteroatoms. The van der Waals surface area contributed by atoms with Crippen LogP contribution >= 0.6 is 15.9 Å². The molecular formula is C21H18BrNO5. The molecule has 0 aliphatic rings. The van der Waals surface area contributed by atoms with Crippen LogP contribution in [0.4, 0.5) is 5.69 Å². The van der Waals surface area contributed by atoms with E-state index >= 15 is 0 Å². The predicted molar refractivity (Wildman–Crippen MR) is 110 cm³/mol. The fraction of sp³-hybridized carbons (Fsp3) is 0.190. The van der Waals surface area contributed by atoms with Crippen molar-refractivity contribution in [3.05, 3.63) is 74.2 Å². The number of fused-ring (bicyclic) bond motifs is 1. The van der Waals surface area contributed by atoms with Gasteiger partial charge in [-0.1, -0.05) is 48.8 Å². The summed E-state index contributed by atoms with van der Waals surface area (Å²) in [6, 6.07) is 13.5. The van der Waals surface area contributed by atoms with Crippen LogP contribution in [-0.2, 0) is 5.41 Å². The molecule has 0 radical (unpaired) electrons. The number of hydrogen-bond acceptors (Lipinski definition) is 4. The molecule has 0 aromatic heterocycles. The average Bonchev–Trinajstić information content (AvgIpc) is 2.60. The molecule has 0 aliphatic heterocycles. The highest BCUT2D eigenvalue weighted by atomic mass is 79.9. The first-order chi connectivity index (χ1) is 13.1. The highest BCUT2D eigenvalue weighted by Gasteiger charge is 2.29. The molecule has 0 atom stereocenters. The zero-order valence-corrected chi connectivity index (χ0v) is 17.1. The summed E-state index contributed by atoms with van der Waals surface area (Å²) in [7, 11) is 0. The molecule has 0 aliphatic carbocycles. The van der Waals surface area contributed by atoms with Crippen molar-refractivity contribution in [2.24, 2.45) is 0 Å². The van der Waals surface area contributed by atoms with Crippen LogP contribution in [0.15, 0.2) is 53.0 Å². The Hall–Kier alpha value is -2.93. The lowest BCUT2D eigenvalue weighted by atomic mass is 9.83. The van der Waals surface area contributed by atoms with Crippen LogP contribution in [0, 0.1) is 10.1 Å². The van der Waals surface area contributed by atoms with E-state index < -0.39 is 16.3 Å². The summed E-state index contributed by atoms with van der Waals surface area (Å²) in [6.45, 7) is 5.41. The summed E-state index contributed by atoms with van der Waals surface area (Å²) < 4.78 is 6.78. The number of carboxylic acids is 1. The fourth-order valence-electron chi connectivity index (χ4n) is 2.98. The van der Waals surface area contributed by atoms with E-state index in [-0.39, 0.29) is 17.0 Å². The number of aromatic carboxylic acids is 1. The van der Waals surface area contributed by atoms with Crippen LogP contribution in [0.5, 0.6) is 11.5 Å². The smallest absolute Gasteiger partial charge is 0.339 e. The molecule has 0 amide bonds. The van der Waals surface area contributed by atoms with Crippen LogP contribution < -0.4 is 4.74 Å². The third-order valence-electron chi connectivity index (χ3n) is 4.32. The maximum atomic E-state index is 12.0. The lowest BCUT2D eigenvalue weighted by Crippen LogP contribution is -2.18. The third kappa shape index (κ3) is 3.99. The minimum atomic E-state index is -1.19. The Labute approximate surface area is 170 Å². The number of nitro benzene ring substituents is 1. The van der Waals surface area contributed by atoms with E-state index in [1.807, 2.05) is 24.3 Å². The minimum Gasteiger partial charge on any atom is -0.478 e. The van der Waals surface area contributed by atoms with Gasteiger partial charge in [0.1, 0.15) is 17.1 Å². The van der Waals surface area contributed by atoms with Gasteiger partial charge in [0.2, 0.25) is 0 Å². The Morgan fingerprint density at radius 2 is 1.71 bits per heavy atom. The number of carbonyl (C=O) groups is 1. The van der Waals surface area contributed by atoms with Crippen molar-refractivity contribution < 1.29 is 19.6 Å². The summed E-state index contributed by atoms with van der Waals surface area (Å²) in [5.74, 6) is -0.847. The number of hydrogen-bond donors (Lipinski definition) is 1. The summed E-state index contributed by atoms with van der Waals surface area (Å²) in [5.41, 5.74) is -0.564. The van der Waals surface area contributed by atoms with Gasteiger partial charge in [-0.3, -0.25) is 10.1 Å². The lowest BCUT2D eigenvalue weighted by Gasteiger charge is -2.23. The molecule has 144 valence electrons. The highest BCUT2D eigenvalue weighted by molar-refractivity contribution is 9.10. The van der Waals surface area contributed by atoms with Crippen molar-refractivity contribution in [1.29, 1.82) is 0 Å². The van der Waals surface area contributed by atoms with E-state index in [0.29, 0.717) is 11.3 Å². The average molecular weight is 444 g/mol. The Morgan fingerprint density at radius 1 is 1.07 bits per heavy atom. The molecule has 3 aromatic rings. The van der Waals surface area contributed by atoms with Crippen LogP contribution in [0.2, 0.25) is 0 Å². The Balaban J connectivity index is 2.17. The summed E-state index contributed by atoms with van der Waals surface area (Å²) in [5, 5.41) is 23.0. The Bertz CT molecular complexity index is 1100. The van der Waals surface area contributed by atoms with Gasteiger partial charge in [0.15, 0.2) is 0 Å². The second-order valence-corrected chi connectivity index (χ2v) is 8.35. The predicted octanol–water partition coefficient (Wildman–Crippen LogP) is 6.30. The van der Waals surface area contributed by atoms with Gasteiger partial charge in [0, 0.05) is 10.5 Å². The van der Waals surface area contributed by atoms with E-state index in [9.17, 15) is 20.0 Å². The van der Waals surface area contributed by atoms with Gasteiger partial charge in [-0.2, -0.15) is 0 Å². The maximum Gasteiger partial charge on any atom is 0.339 e. The maximum absolute atomic E-state index is 12.0. The molecule has 28 heavy (non-hydrogen) atoms. The summed E-state index contributed by atoms with van der Waals surface area (Å²) in [6.07, 6.45) is 0. The lowest BCUT2D eigenvalue weighted by molar-refractivity contribution is -0.385. The molecule has 0 heterocycles. The molecule has 3 aromatic carbocycles. The second-order valence-electron chi connectivity index (χ2n) is 7.43. The highest BCUT2D eigenvalue weighted by Crippen LogP contribution is 2.38. The Morgan fingerprint density at radius 3 is 2.32 bits per heavy atom. The number of nitrogens with zero attached hydrogens (tertiary/aromatic N) is 1. The first-order valence-corrected chi connectivity index (χ1v) is 9.29. The Kier molecular flexibility index (Phi) is 5.12.